The number of aliphatic hydroxyl groups is 1. The van der Waals surface area contributed by atoms with Gasteiger partial charge in [0.1, 0.15) is 11.5 Å². The summed E-state index contributed by atoms with van der Waals surface area (Å²) >= 11 is 0. The topological polar surface area (TPSA) is 64.3 Å². The zero-order valence-electron chi connectivity index (χ0n) is 13.6. The predicted molar refractivity (Wildman–Crippen MR) is 91.5 cm³/mol. The van der Waals surface area contributed by atoms with Gasteiger partial charge in [-0.3, -0.25) is 4.98 Å². The van der Waals surface area contributed by atoms with Crippen molar-refractivity contribution in [1.82, 2.24) is 9.55 Å². The zero-order valence-corrected chi connectivity index (χ0v) is 13.6. The molecule has 0 saturated carbocycles. The van der Waals surface area contributed by atoms with Crippen molar-refractivity contribution >= 4 is 5.97 Å². The minimum Gasteiger partial charge on any atom is -0.464 e. The summed E-state index contributed by atoms with van der Waals surface area (Å²) in [6, 6.07) is 9.57. The maximum Gasteiger partial charge on any atom is 0.355 e. The van der Waals surface area contributed by atoms with E-state index in [4.69, 9.17) is 4.74 Å². The Morgan fingerprint density at radius 2 is 1.84 bits per heavy atom. The highest BCUT2D eigenvalue weighted by Gasteiger charge is 2.24. The molecule has 1 aromatic carbocycles. The van der Waals surface area contributed by atoms with Gasteiger partial charge in [-0.25, -0.2) is 9.18 Å². The Morgan fingerprint density at radius 1 is 1.16 bits per heavy atom. The van der Waals surface area contributed by atoms with Gasteiger partial charge >= 0.3 is 5.97 Å². The molecule has 0 spiro atoms. The number of pyridine rings is 1. The highest BCUT2D eigenvalue weighted by Crippen LogP contribution is 2.37. The van der Waals surface area contributed by atoms with Gasteiger partial charge in [0.05, 0.1) is 13.7 Å². The van der Waals surface area contributed by atoms with Crippen molar-refractivity contribution in [2.45, 2.75) is 6.54 Å². The maximum absolute atomic E-state index is 13.3. The van der Waals surface area contributed by atoms with Crippen LogP contribution in [0.5, 0.6) is 0 Å². The number of methoxy groups -OCH3 is 1. The van der Waals surface area contributed by atoms with E-state index in [-0.39, 0.29) is 19.0 Å². The van der Waals surface area contributed by atoms with Crippen molar-refractivity contribution in [1.29, 1.82) is 0 Å². The highest BCUT2D eigenvalue weighted by atomic mass is 19.1. The van der Waals surface area contributed by atoms with Crippen LogP contribution in [0.1, 0.15) is 10.5 Å². The standard InChI is InChI=1S/C19H17FN2O3/c1-25-19(24)18-17(14-2-4-15(20)5-3-14)16(12-22(18)10-11-23)13-6-8-21-9-7-13/h2-9,12,23H,10-11H2,1H3. The second kappa shape index (κ2) is 7.27. The number of carbonyl (C=O) groups excluding carboxylic acids is 1. The molecule has 0 bridgehead atoms. The molecule has 3 rings (SSSR count). The van der Waals surface area contributed by atoms with Gasteiger partial charge in [0.2, 0.25) is 0 Å². The Bertz CT molecular complexity index is 874. The van der Waals surface area contributed by atoms with E-state index in [1.165, 1.54) is 19.2 Å². The first-order valence-corrected chi connectivity index (χ1v) is 7.74. The molecular formula is C19H17FN2O3. The zero-order chi connectivity index (χ0) is 17.8. The third-order valence-electron chi connectivity index (χ3n) is 3.92. The Kier molecular flexibility index (Phi) is 4.90. The van der Waals surface area contributed by atoms with Crippen LogP contribution in [0.2, 0.25) is 0 Å². The van der Waals surface area contributed by atoms with Gasteiger partial charge < -0.3 is 14.4 Å². The summed E-state index contributed by atoms with van der Waals surface area (Å²) < 4.78 is 19.9. The molecule has 0 amide bonds. The summed E-state index contributed by atoms with van der Waals surface area (Å²) in [5.41, 5.74) is 3.27. The number of aromatic nitrogens is 2. The summed E-state index contributed by atoms with van der Waals surface area (Å²) in [6.07, 6.45) is 5.10. The number of esters is 1. The molecule has 0 unspecified atom stereocenters. The number of nitrogens with zero attached hydrogens (tertiary/aromatic N) is 2. The van der Waals surface area contributed by atoms with E-state index >= 15 is 0 Å². The summed E-state index contributed by atoms with van der Waals surface area (Å²) in [5.74, 6) is -0.878. The molecule has 2 aromatic heterocycles. The number of hydrogen-bond acceptors (Lipinski definition) is 4. The fraction of sp³-hybridized carbons (Fsp3) is 0.158. The molecule has 0 aliphatic rings. The Balaban J connectivity index is 2.30. The van der Waals surface area contributed by atoms with Gasteiger partial charge in [0.15, 0.2) is 0 Å². The van der Waals surface area contributed by atoms with Crippen LogP contribution in [-0.2, 0) is 11.3 Å². The van der Waals surface area contributed by atoms with Crippen LogP contribution in [0.4, 0.5) is 4.39 Å². The molecule has 0 fully saturated rings. The van der Waals surface area contributed by atoms with Gasteiger partial charge in [-0.1, -0.05) is 12.1 Å². The van der Waals surface area contributed by atoms with Crippen LogP contribution in [0.15, 0.2) is 55.0 Å². The largest absolute Gasteiger partial charge is 0.464 e. The third-order valence-corrected chi connectivity index (χ3v) is 3.92. The Morgan fingerprint density at radius 3 is 2.44 bits per heavy atom. The van der Waals surface area contributed by atoms with Gasteiger partial charge in [-0.05, 0) is 35.4 Å². The molecule has 3 aromatic rings. The minimum absolute atomic E-state index is 0.128. The summed E-state index contributed by atoms with van der Waals surface area (Å²) in [6.45, 7) is 0.112. The Hall–Kier alpha value is -2.99. The normalized spacial score (nSPS) is 10.7. The summed E-state index contributed by atoms with van der Waals surface area (Å²) in [5, 5.41) is 9.34. The van der Waals surface area contributed by atoms with Gasteiger partial charge in [0.25, 0.3) is 0 Å². The first kappa shape index (κ1) is 16.9. The number of halogens is 1. The van der Waals surface area contributed by atoms with E-state index < -0.39 is 5.97 Å². The quantitative estimate of drug-likeness (QED) is 0.725. The fourth-order valence-corrected chi connectivity index (χ4v) is 2.82. The predicted octanol–water partition coefficient (Wildman–Crippen LogP) is 3.14. The highest BCUT2D eigenvalue weighted by molar-refractivity contribution is 6.01. The first-order chi connectivity index (χ1) is 12.2. The van der Waals surface area contributed by atoms with E-state index in [1.807, 2.05) is 12.1 Å². The van der Waals surface area contributed by atoms with Gasteiger partial charge in [0, 0.05) is 36.3 Å². The SMILES string of the molecule is COC(=O)c1c(-c2ccc(F)cc2)c(-c2ccncc2)cn1CCO. The van der Waals surface area contributed by atoms with Crippen molar-refractivity contribution in [3.8, 4) is 22.3 Å². The van der Waals surface area contributed by atoms with E-state index in [1.54, 1.807) is 35.3 Å². The smallest absolute Gasteiger partial charge is 0.355 e. The lowest BCUT2D eigenvalue weighted by molar-refractivity contribution is 0.0588. The second-order valence-electron chi connectivity index (χ2n) is 5.42. The van der Waals surface area contributed by atoms with E-state index in [2.05, 4.69) is 4.98 Å². The first-order valence-electron chi connectivity index (χ1n) is 7.74. The lowest BCUT2D eigenvalue weighted by Gasteiger charge is -2.09. The molecule has 0 atom stereocenters. The molecule has 5 nitrogen and oxygen atoms in total. The maximum atomic E-state index is 13.3. The average Bonchev–Trinajstić information content (AvgIpc) is 3.02. The van der Waals surface area contributed by atoms with Crippen molar-refractivity contribution in [3.63, 3.8) is 0 Å². The number of hydrogen-bond donors (Lipinski definition) is 1. The van der Waals surface area contributed by atoms with Crippen LogP contribution >= 0.6 is 0 Å². The monoisotopic (exact) mass is 340 g/mol. The molecule has 2 heterocycles. The molecule has 6 heteroatoms. The second-order valence-corrected chi connectivity index (χ2v) is 5.42. The molecule has 0 saturated heterocycles. The van der Waals surface area contributed by atoms with Crippen LogP contribution < -0.4 is 0 Å². The van der Waals surface area contributed by atoms with Crippen molar-refractivity contribution < 1.29 is 19.0 Å². The van der Waals surface area contributed by atoms with Crippen molar-refractivity contribution in [2.75, 3.05) is 13.7 Å². The fourth-order valence-electron chi connectivity index (χ4n) is 2.82. The van der Waals surface area contributed by atoms with Crippen molar-refractivity contribution in [3.05, 3.63) is 66.5 Å². The molecule has 0 aliphatic heterocycles. The lowest BCUT2D eigenvalue weighted by atomic mass is 9.97. The van der Waals surface area contributed by atoms with Gasteiger partial charge in [-0.15, -0.1) is 0 Å². The lowest BCUT2D eigenvalue weighted by Crippen LogP contribution is -2.13. The number of benzene rings is 1. The van der Waals surface area contributed by atoms with E-state index in [9.17, 15) is 14.3 Å². The number of carbonyl (C=O) groups is 1. The van der Waals surface area contributed by atoms with E-state index in [0.717, 1.165) is 11.1 Å². The number of ether oxygens (including phenoxy) is 1. The van der Waals surface area contributed by atoms with Crippen LogP contribution in [0.25, 0.3) is 22.3 Å². The summed E-state index contributed by atoms with van der Waals surface area (Å²) in [4.78, 5) is 16.4. The molecule has 128 valence electrons. The number of rotatable bonds is 5. The molecule has 1 N–H and O–H groups in total. The average molecular weight is 340 g/mol. The van der Waals surface area contributed by atoms with Crippen LogP contribution in [0, 0.1) is 5.82 Å². The van der Waals surface area contributed by atoms with Crippen LogP contribution in [0.3, 0.4) is 0 Å². The summed E-state index contributed by atoms with van der Waals surface area (Å²) in [7, 11) is 1.30. The van der Waals surface area contributed by atoms with Gasteiger partial charge in [-0.2, -0.15) is 0 Å². The molecule has 0 aliphatic carbocycles. The Labute approximate surface area is 144 Å². The molecular weight excluding hydrogens is 323 g/mol. The minimum atomic E-state index is -0.520. The third kappa shape index (κ3) is 3.29. The van der Waals surface area contributed by atoms with Crippen LogP contribution in [-0.4, -0.2) is 34.3 Å². The molecule has 0 radical (unpaired) electrons. The van der Waals surface area contributed by atoms with Crippen molar-refractivity contribution in [2.24, 2.45) is 0 Å². The number of aliphatic hydroxyl groups excluding tert-OH is 1. The van der Waals surface area contributed by atoms with E-state index in [0.29, 0.717) is 16.8 Å². The molecule has 25 heavy (non-hydrogen) atoms.